The van der Waals surface area contributed by atoms with Crippen LogP contribution in [0.3, 0.4) is 0 Å². The van der Waals surface area contributed by atoms with Crippen molar-refractivity contribution in [1.82, 2.24) is 4.90 Å². The molecule has 0 unspecified atom stereocenters. The van der Waals surface area contributed by atoms with Crippen LogP contribution in [0.2, 0.25) is 0 Å². The Labute approximate surface area is 228 Å². The third-order valence-corrected chi connectivity index (χ3v) is 6.22. The molecule has 2 atom stereocenters. The topological polar surface area (TPSA) is 107 Å². The van der Waals surface area contributed by atoms with Crippen LogP contribution in [-0.4, -0.2) is 53.8 Å². The van der Waals surface area contributed by atoms with Crippen LogP contribution in [0, 0.1) is 0 Å². The Kier molecular flexibility index (Phi) is 7.63. The van der Waals surface area contributed by atoms with Gasteiger partial charge >= 0.3 is 12.1 Å². The van der Waals surface area contributed by atoms with Gasteiger partial charge in [-0.25, -0.2) is 9.59 Å². The normalized spacial score (nSPS) is 17.7. The van der Waals surface area contributed by atoms with E-state index >= 15 is 0 Å². The number of fused-ring (bicyclic) bond motifs is 1. The Hall–Kier alpha value is -4.01. The maximum atomic E-state index is 13.7. The fourth-order valence-corrected chi connectivity index (χ4v) is 4.61. The first-order valence-electron chi connectivity index (χ1n) is 13.0. The number of likely N-dealkylation sites (tertiary alicyclic amines) is 1. The molecule has 1 N–H and O–H groups in total. The van der Waals surface area contributed by atoms with Gasteiger partial charge in [0, 0.05) is 23.5 Å². The number of furan rings is 1. The molecule has 1 aliphatic rings. The van der Waals surface area contributed by atoms with Gasteiger partial charge in [0.1, 0.15) is 28.6 Å². The summed E-state index contributed by atoms with van der Waals surface area (Å²) in [6, 6.07) is 13.4. The summed E-state index contributed by atoms with van der Waals surface area (Å²) in [6.07, 6.45) is 0.0647. The predicted molar refractivity (Wildman–Crippen MR) is 147 cm³/mol. The van der Waals surface area contributed by atoms with Gasteiger partial charge in [0.2, 0.25) is 11.7 Å². The highest BCUT2D eigenvalue weighted by atomic mass is 16.6. The molecule has 0 spiro atoms. The van der Waals surface area contributed by atoms with Crippen molar-refractivity contribution in [2.45, 2.75) is 71.1 Å². The van der Waals surface area contributed by atoms with E-state index in [-0.39, 0.29) is 17.6 Å². The lowest BCUT2D eigenvalue weighted by Gasteiger charge is -2.30. The van der Waals surface area contributed by atoms with Gasteiger partial charge in [-0.3, -0.25) is 9.69 Å². The number of benzene rings is 2. The number of nitrogens with zero attached hydrogens (tertiary/aromatic N) is 1. The second-order valence-electron chi connectivity index (χ2n) is 11.6. The highest BCUT2D eigenvalue weighted by Gasteiger charge is 2.44. The van der Waals surface area contributed by atoms with Crippen LogP contribution in [0.25, 0.3) is 11.0 Å². The standard InChI is InChI=1S/C30H36N2O7/c1-29(2,3)38-27(34)24-17-19-16-20(10-13-23(19)37-24)31-26(33)25-22(18-8-11-21(36-7)12-9-18)14-15-32(25)28(35)39-30(4,5)6/h8-13,16-17,22,25H,14-15H2,1-7H3,(H,31,33)/t22-,25-/m0/s1. The van der Waals surface area contributed by atoms with E-state index in [1.807, 2.05) is 24.3 Å². The minimum absolute atomic E-state index is 0.0786. The third kappa shape index (κ3) is 6.71. The van der Waals surface area contributed by atoms with Gasteiger partial charge in [-0.05, 0) is 89.9 Å². The Morgan fingerprint density at radius 1 is 0.923 bits per heavy atom. The van der Waals surface area contributed by atoms with Crippen molar-refractivity contribution < 1.29 is 33.0 Å². The number of carbonyl (C=O) groups excluding carboxylic acids is 3. The Morgan fingerprint density at radius 2 is 1.59 bits per heavy atom. The Morgan fingerprint density at radius 3 is 2.21 bits per heavy atom. The Balaban J connectivity index is 1.59. The number of carbonyl (C=O) groups is 3. The summed E-state index contributed by atoms with van der Waals surface area (Å²) >= 11 is 0. The molecule has 0 aliphatic carbocycles. The second-order valence-corrected chi connectivity index (χ2v) is 11.6. The number of hydrogen-bond donors (Lipinski definition) is 1. The van der Waals surface area contributed by atoms with Gasteiger partial charge in [0.05, 0.1) is 7.11 Å². The van der Waals surface area contributed by atoms with E-state index in [0.717, 1.165) is 5.56 Å². The first-order chi connectivity index (χ1) is 18.2. The van der Waals surface area contributed by atoms with E-state index in [2.05, 4.69) is 5.32 Å². The summed E-state index contributed by atoms with van der Waals surface area (Å²) in [4.78, 5) is 40.7. The highest BCUT2D eigenvalue weighted by molar-refractivity contribution is 6.00. The average Bonchev–Trinajstić information content (AvgIpc) is 3.47. The molecule has 0 saturated carbocycles. The smallest absolute Gasteiger partial charge is 0.410 e. The summed E-state index contributed by atoms with van der Waals surface area (Å²) in [6.45, 7) is 11.1. The van der Waals surface area contributed by atoms with Gasteiger partial charge in [-0.2, -0.15) is 0 Å². The summed E-state index contributed by atoms with van der Waals surface area (Å²) in [7, 11) is 1.60. The van der Waals surface area contributed by atoms with E-state index < -0.39 is 29.3 Å². The summed E-state index contributed by atoms with van der Waals surface area (Å²) in [5.74, 6) is -0.351. The zero-order valence-corrected chi connectivity index (χ0v) is 23.5. The first-order valence-corrected chi connectivity index (χ1v) is 13.0. The van der Waals surface area contributed by atoms with Gasteiger partial charge in [-0.1, -0.05) is 12.1 Å². The van der Waals surface area contributed by atoms with E-state index in [9.17, 15) is 14.4 Å². The van der Waals surface area contributed by atoms with Crippen molar-refractivity contribution >= 4 is 34.6 Å². The van der Waals surface area contributed by atoms with E-state index in [0.29, 0.717) is 35.4 Å². The zero-order valence-electron chi connectivity index (χ0n) is 23.5. The quantitative estimate of drug-likeness (QED) is 0.391. The lowest BCUT2D eigenvalue weighted by atomic mass is 9.91. The lowest BCUT2D eigenvalue weighted by molar-refractivity contribution is -0.120. The number of hydrogen-bond acceptors (Lipinski definition) is 7. The second kappa shape index (κ2) is 10.6. The molecule has 1 aromatic heterocycles. The summed E-state index contributed by atoms with van der Waals surface area (Å²) in [5.41, 5.74) is 0.565. The molecule has 3 aromatic rings. The minimum Gasteiger partial charge on any atom is -0.497 e. The van der Waals surface area contributed by atoms with E-state index in [1.54, 1.807) is 72.9 Å². The van der Waals surface area contributed by atoms with Gasteiger partial charge in [-0.15, -0.1) is 0 Å². The number of amides is 2. The van der Waals surface area contributed by atoms with Crippen molar-refractivity contribution in [3.05, 3.63) is 59.9 Å². The average molecular weight is 537 g/mol. The molecule has 1 saturated heterocycles. The molecule has 2 amide bonds. The summed E-state index contributed by atoms with van der Waals surface area (Å²) < 4.78 is 21.9. The molecule has 2 heterocycles. The molecule has 0 radical (unpaired) electrons. The van der Waals surface area contributed by atoms with Crippen molar-refractivity contribution in [2.24, 2.45) is 0 Å². The van der Waals surface area contributed by atoms with Crippen molar-refractivity contribution in [3.8, 4) is 5.75 Å². The summed E-state index contributed by atoms with van der Waals surface area (Å²) in [5, 5.41) is 3.59. The van der Waals surface area contributed by atoms with Crippen LogP contribution >= 0.6 is 0 Å². The lowest BCUT2D eigenvalue weighted by Crippen LogP contribution is -2.47. The minimum atomic E-state index is -0.786. The molecule has 9 heteroatoms. The first kappa shape index (κ1) is 28.0. The van der Waals surface area contributed by atoms with Crippen LogP contribution in [0.1, 0.15) is 70.0 Å². The third-order valence-electron chi connectivity index (χ3n) is 6.22. The molecule has 9 nitrogen and oxygen atoms in total. The number of esters is 1. The maximum Gasteiger partial charge on any atom is 0.410 e. The number of nitrogens with one attached hydrogen (secondary N) is 1. The molecule has 208 valence electrons. The van der Waals surface area contributed by atoms with E-state index in [4.69, 9.17) is 18.6 Å². The Bertz CT molecular complexity index is 1360. The SMILES string of the molecule is COc1ccc([C@@H]2CCN(C(=O)OC(C)(C)C)[C@@H]2C(=O)Nc2ccc3oc(C(=O)OC(C)(C)C)cc3c2)cc1. The molecule has 0 bridgehead atoms. The van der Waals surface area contributed by atoms with Crippen LogP contribution in [0.5, 0.6) is 5.75 Å². The number of methoxy groups -OCH3 is 1. The maximum absolute atomic E-state index is 13.7. The molecular formula is C30H36N2O7. The van der Waals surface area contributed by atoms with Crippen LogP contribution in [0.4, 0.5) is 10.5 Å². The largest absolute Gasteiger partial charge is 0.497 e. The van der Waals surface area contributed by atoms with Crippen molar-refractivity contribution in [2.75, 3.05) is 19.0 Å². The van der Waals surface area contributed by atoms with Gasteiger partial charge < -0.3 is 23.9 Å². The van der Waals surface area contributed by atoms with E-state index in [1.165, 1.54) is 4.90 Å². The number of rotatable bonds is 5. The monoisotopic (exact) mass is 536 g/mol. The van der Waals surface area contributed by atoms with Crippen molar-refractivity contribution in [3.63, 3.8) is 0 Å². The van der Waals surface area contributed by atoms with Gasteiger partial charge in [0.25, 0.3) is 0 Å². The molecule has 4 rings (SSSR count). The van der Waals surface area contributed by atoms with Gasteiger partial charge in [0.15, 0.2) is 0 Å². The zero-order chi connectivity index (χ0) is 28.5. The number of ether oxygens (including phenoxy) is 3. The molecule has 1 aliphatic heterocycles. The molecule has 39 heavy (non-hydrogen) atoms. The van der Waals surface area contributed by atoms with Crippen molar-refractivity contribution in [1.29, 1.82) is 0 Å². The molecule has 2 aromatic carbocycles. The highest BCUT2D eigenvalue weighted by Crippen LogP contribution is 2.36. The number of anilines is 1. The van der Waals surface area contributed by atoms with Crippen LogP contribution in [0.15, 0.2) is 52.9 Å². The van der Waals surface area contributed by atoms with Crippen LogP contribution in [-0.2, 0) is 14.3 Å². The fraction of sp³-hybridized carbons (Fsp3) is 0.433. The molecule has 1 fully saturated rings. The fourth-order valence-electron chi connectivity index (χ4n) is 4.61. The molecular weight excluding hydrogens is 500 g/mol. The predicted octanol–water partition coefficient (Wildman–Crippen LogP) is 6.13. The van der Waals surface area contributed by atoms with Crippen LogP contribution < -0.4 is 10.1 Å².